The predicted molar refractivity (Wildman–Crippen MR) is 71.9 cm³/mol. The summed E-state index contributed by atoms with van der Waals surface area (Å²) in [6.07, 6.45) is 0.797. The van der Waals surface area contributed by atoms with E-state index >= 15 is 0 Å². The van der Waals surface area contributed by atoms with Crippen LogP contribution in [0.25, 0.3) is 0 Å². The first kappa shape index (κ1) is 14.0. The van der Waals surface area contributed by atoms with E-state index in [1.165, 1.54) is 6.92 Å². The molecule has 6 nitrogen and oxygen atoms in total. The van der Waals surface area contributed by atoms with Crippen molar-refractivity contribution in [2.24, 2.45) is 5.41 Å². The molecule has 0 atom stereocenters. The van der Waals surface area contributed by atoms with Crippen molar-refractivity contribution < 1.29 is 19.5 Å². The molecule has 0 spiro atoms. The molecule has 3 N–H and O–H groups in total. The van der Waals surface area contributed by atoms with E-state index in [2.05, 4.69) is 10.6 Å². The average molecular weight is 276 g/mol. The van der Waals surface area contributed by atoms with Gasteiger partial charge in [-0.1, -0.05) is 12.1 Å². The number of aliphatic carboxylic acids is 1. The maximum absolute atomic E-state index is 11.8. The van der Waals surface area contributed by atoms with E-state index in [0.717, 1.165) is 5.56 Å². The molecule has 2 amide bonds. The molecule has 1 fully saturated rings. The Hall–Kier alpha value is -2.37. The highest BCUT2D eigenvalue weighted by molar-refractivity contribution is 6.04. The van der Waals surface area contributed by atoms with Crippen LogP contribution in [-0.4, -0.2) is 22.9 Å². The number of nitrogens with one attached hydrogen (secondary N) is 2. The summed E-state index contributed by atoms with van der Waals surface area (Å²) >= 11 is 0. The highest BCUT2D eigenvalue weighted by atomic mass is 16.4. The Morgan fingerprint density at radius 2 is 1.80 bits per heavy atom. The van der Waals surface area contributed by atoms with Crippen LogP contribution in [0.2, 0.25) is 0 Å². The summed E-state index contributed by atoms with van der Waals surface area (Å²) in [5.74, 6) is -1.64. The molecule has 0 unspecified atom stereocenters. The van der Waals surface area contributed by atoms with E-state index < -0.39 is 17.3 Å². The van der Waals surface area contributed by atoms with Gasteiger partial charge in [0.25, 0.3) is 0 Å². The number of hydrogen-bond donors (Lipinski definition) is 3. The van der Waals surface area contributed by atoms with Gasteiger partial charge in [0.2, 0.25) is 11.8 Å². The van der Waals surface area contributed by atoms with Crippen LogP contribution in [0.1, 0.15) is 25.3 Å². The van der Waals surface area contributed by atoms with Crippen LogP contribution in [0.4, 0.5) is 5.69 Å². The molecule has 0 bridgehead atoms. The minimum atomic E-state index is -1.21. The fraction of sp³-hybridized carbons (Fsp3) is 0.357. The van der Waals surface area contributed by atoms with Gasteiger partial charge in [-0.25, -0.2) is 0 Å². The third-order valence-corrected chi connectivity index (χ3v) is 3.32. The van der Waals surface area contributed by atoms with Gasteiger partial charge in [-0.05, 0) is 30.5 Å². The summed E-state index contributed by atoms with van der Waals surface area (Å²) in [4.78, 5) is 33.7. The summed E-state index contributed by atoms with van der Waals surface area (Å²) in [5, 5.41) is 14.3. The summed E-state index contributed by atoms with van der Waals surface area (Å²) < 4.78 is 0. The summed E-state index contributed by atoms with van der Waals surface area (Å²) in [6, 6.07) is 7.00. The zero-order valence-corrected chi connectivity index (χ0v) is 11.1. The lowest BCUT2D eigenvalue weighted by Crippen LogP contribution is -2.36. The molecule has 0 aliphatic heterocycles. The van der Waals surface area contributed by atoms with Crippen molar-refractivity contribution >= 4 is 23.5 Å². The second-order valence-corrected chi connectivity index (χ2v) is 4.95. The lowest BCUT2D eigenvalue weighted by atomic mass is 10.1. The predicted octanol–water partition coefficient (Wildman–Crippen LogP) is 1.13. The van der Waals surface area contributed by atoms with Crippen LogP contribution < -0.4 is 10.6 Å². The van der Waals surface area contributed by atoms with Gasteiger partial charge < -0.3 is 15.7 Å². The molecule has 1 saturated carbocycles. The largest absolute Gasteiger partial charge is 0.480 e. The van der Waals surface area contributed by atoms with Crippen LogP contribution >= 0.6 is 0 Å². The van der Waals surface area contributed by atoms with Crippen LogP contribution in [0.5, 0.6) is 0 Å². The standard InChI is InChI=1S/C14H16N2O4/c1-9(17)16-11-4-2-10(3-5-11)8-15-12(18)14(6-7-14)13(19)20/h2-5H,6-8H2,1H3,(H,15,18)(H,16,17)(H,19,20). The van der Waals surface area contributed by atoms with Gasteiger partial charge in [-0.2, -0.15) is 0 Å². The highest BCUT2D eigenvalue weighted by Gasteiger charge is 2.56. The van der Waals surface area contributed by atoms with E-state index in [-0.39, 0.29) is 12.5 Å². The number of hydrogen-bond acceptors (Lipinski definition) is 3. The van der Waals surface area contributed by atoms with E-state index in [0.29, 0.717) is 18.5 Å². The Labute approximate surface area is 116 Å². The van der Waals surface area contributed by atoms with Gasteiger partial charge in [0, 0.05) is 19.2 Å². The molecular weight excluding hydrogens is 260 g/mol. The third kappa shape index (κ3) is 2.96. The average Bonchev–Trinajstić information content (AvgIpc) is 3.18. The SMILES string of the molecule is CC(=O)Nc1ccc(CNC(=O)C2(C(=O)O)CC2)cc1. The Kier molecular flexibility index (Phi) is 3.74. The van der Waals surface area contributed by atoms with Gasteiger partial charge in [0.05, 0.1) is 0 Å². The van der Waals surface area contributed by atoms with E-state index in [4.69, 9.17) is 5.11 Å². The van der Waals surface area contributed by atoms with Gasteiger partial charge >= 0.3 is 5.97 Å². The molecule has 6 heteroatoms. The van der Waals surface area contributed by atoms with E-state index in [1.807, 2.05) is 0 Å². The number of rotatable bonds is 5. The smallest absolute Gasteiger partial charge is 0.319 e. The van der Waals surface area contributed by atoms with Crippen molar-refractivity contribution in [3.05, 3.63) is 29.8 Å². The summed E-state index contributed by atoms with van der Waals surface area (Å²) in [7, 11) is 0. The minimum absolute atomic E-state index is 0.150. The minimum Gasteiger partial charge on any atom is -0.480 e. The lowest BCUT2D eigenvalue weighted by Gasteiger charge is -2.11. The first-order valence-corrected chi connectivity index (χ1v) is 6.32. The lowest BCUT2D eigenvalue weighted by molar-refractivity contribution is -0.149. The second kappa shape index (κ2) is 5.32. The Morgan fingerprint density at radius 3 is 2.25 bits per heavy atom. The number of carboxylic acid groups (broad SMARTS) is 1. The Morgan fingerprint density at radius 1 is 1.20 bits per heavy atom. The van der Waals surface area contributed by atoms with Gasteiger partial charge in [0.15, 0.2) is 0 Å². The summed E-state index contributed by atoms with van der Waals surface area (Å²) in [5.41, 5.74) is 0.307. The molecule has 0 radical (unpaired) electrons. The molecule has 0 heterocycles. The number of benzene rings is 1. The van der Waals surface area contributed by atoms with Gasteiger partial charge in [-0.15, -0.1) is 0 Å². The molecule has 1 aliphatic rings. The number of amides is 2. The monoisotopic (exact) mass is 276 g/mol. The van der Waals surface area contributed by atoms with Crippen molar-refractivity contribution in [3.8, 4) is 0 Å². The third-order valence-electron chi connectivity index (χ3n) is 3.32. The highest BCUT2D eigenvalue weighted by Crippen LogP contribution is 2.46. The zero-order valence-electron chi connectivity index (χ0n) is 11.1. The molecule has 20 heavy (non-hydrogen) atoms. The van der Waals surface area contributed by atoms with E-state index in [9.17, 15) is 14.4 Å². The molecule has 1 aromatic carbocycles. The first-order valence-electron chi connectivity index (χ1n) is 6.32. The summed E-state index contributed by atoms with van der Waals surface area (Å²) in [6.45, 7) is 1.70. The van der Waals surface area contributed by atoms with Gasteiger partial charge in [0.1, 0.15) is 5.41 Å². The topological polar surface area (TPSA) is 95.5 Å². The van der Waals surface area contributed by atoms with Gasteiger partial charge in [-0.3, -0.25) is 14.4 Å². The van der Waals surface area contributed by atoms with Crippen LogP contribution in [0.15, 0.2) is 24.3 Å². The van der Waals surface area contributed by atoms with Crippen molar-refractivity contribution in [2.75, 3.05) is 5.32 Å². The fourth-order valence-electron chi connectivity index (χ4n) is 1.92. The number of carbonyl (C=O) groups excluding carboxylic acids is 2. The molecule has 106 valence electrons. The molecule has 0 aromatic heterocycles. The van der Waals surface area contributed by atoms with Crippen molar-refractivity contribution in [3.63, 3.8) is 0 Å². The molecule has 1 aliphatic carbocycles. The zero-order chi connectivity index (χ0) is 14.8. The normalized spacial score (nSPS) is 15.2. The van der Waals surface area contributed by atoms with Crippen LogP contribution in [-0.2, 0) is 20.9 Å². The first-order chi connectivity index (χ1) is 9.44. The fourth-order valence-corrected chi connectivity index (χ4v) is 1.92. The van der Waals surface area contributed by atoms with Crippen LogP contribution in [0, 0.1) is 5.41 Å². The quantitative estimate of drug-likeness (QED) is 0.702. The molecule has 1 aromatic rings. The Balaban J connectivity index is 1.90. The van der Waals surface area contributed by atoms with Crippen molar-refractivity contribution in [1.29, 1.82) is 0 Å². The number of carboxylic acids is 1. The maximum atomic E-state index is 11.8. The number of carbonyl (C=O) groups is 3. The Bertz CT molecular complexity index is 547. The van der Waals surface area contributed by atoms with Crippen molar-refractivity contribution in [1.82, 2.24) is 5.32 Å². The van der Waals surface area contributed by atoms with E-state index in [1.54, 1.807) is 24.3 Å². The van der Waals surface area contributed by atoms with Crippen molar-refractivity contribution in [2.45, 2.75) is 26.3 Å². The van der Waals surface area contributed by atoms with Crippen LogP contribution in [0.3, 0.4) is 0 Å². The molecular formula is C14H16N2O4. The molecule has 2 rings (SSSR count). The molecule has 0 saturated heterocycles. The maximum Gasteiger partial charge on any atom is 0.319 e. The second-order valence-electron chi connectivity index (χ2n) is 4.95. The number of anilines is 1.